The third-order valence-corrected chi connectivity index (χ3v) is 3.45. The van der Waals surface area contributed by atoms with Gasteiger partial charge in [-0.05, 0) is 24.3 Å². The Kier molecular flexibility index (Phi) is 3.33. The first kappa shape index (κ1) is 11.4. The fourth-order valence-corrected chi connectivity index (χ4v) is 2.43. The van der Waals surface area contributed by atoms with Crippen molar-refractivity contribution in [2.24, 2.45) is 0 Å². The molecule has 3 heteroatoms. The predicted octanol–water partition coefficient (Wildman–Crippen LogP) is 2.60. The molecule has 1 aromatic heterocycles. The van der Waals surface area contributed by atoms with Crippen molar-refractivity contribution in [3.8, 4) is 0 Å². The smallest absolute Gasteiger partial charge is 0.117 e. The molecule has 0 radical (unpaired) electrons. The van der Waals surface area contributed by atoms with Crippen molar-refractivity contribution < 1.29 is 4.42 Å². The van der Waals surface area contributed by atoms with Crippen LogP contribution in [0, 0.1) is 0 Å². The molecule has 2 heterocycles. The molecule has 0 bridgehead atoms. The van der Waals surface area contributed by atoms with Gasteiger partial charge in [0.05, 0.1) is 12.8 Å². The van der Waals surface area contributed by atoms with Crippen LogP contribution in [0.1, 0.15) is 5.76 Å². The Morgan fingerprint density at radius 1 is 0.889 bits per heavy atom. The monoisotopic (exact) mass is 242 g/mol. The summed E-state index contributed by atoms with van der Waals surface area (Å²) < 4.78 is 5.39. The predicted molar refractivity (Wildman–Crippen MR) is 72.6 cm³/mol. The van der Waals surface area contributed by atoms with Gasteiger partial charge in [-0.15, -0.1) is 0 Å². The number of hydrogen-bond donors (Lipinski definition) is 0. The second kappa shape index (κ2) is 5.27. The van der Waals surface area contributed by atoms with Gasteiger partial charge < -0.3 is 9.32 Å². The summed E-state index contributed by atoms with van der Waals surface area (Å²) >= 11 is 0. The van der Waals surface area contributed by atoms with Gasteiger partial charge in [0.25, 0.3) is 0 Å². The van der Waals surface area contributed by atoms with Gasteiger partial charge in [0, 0.05) is 31.9 Å². The average Bonchev–Trinajstić information content (AvgIpc) is 2.94. The largest absolute Gasteiger partial charge is 0.468 e. The highest BCUT2D eigenvalue weighted by molar-refractivity contribution is 5.46. The van der Waals surface area contributed by atoms with Crippen molar-refractivity contribution in [1.82, 2.24) is 4.90 Å². The van der Waals surface area contributed by atoms with Crippen LogP contribution < -0.4 is 4.90 Å². The molecule has 1 saturated heterocycles. The minimum Gasteiger partial charge on any atom is -0.468 e. The number of para-hydroxylation sites is 1. The lowest BCUT2D eigenvalue weighted by atomic mass is 10.2. The van der Waals surface area contributed by atoms with Crippen LogP contribution in [0.25, 0.3) is 0 Å². The van der Waals surface area contributed by atoms with Gasteiger partial charge in [-0.2, -0.15) is 0 Å². The summed E-state index contributed by atoms with van der Waals surface area (Å²) in [5, 5.41) is 0. The highest BCUT2D eigenvalue weighted by Crippen LogP contribution is 2.16. The molecule has 0 N–H and O–H groups in total. The van der Waals surface area contributed by atoms with Crippen LogP contribution in [0.4, 0.5) is 5.69 Å². The van der Waals surface area contributed by atoms with E-state index in [1.807, 2.05) is 12.1 Å². The summed E-state index contributed by atoms with van der Waals surface area (Å²) in [7, 11) is 0. The van der Waals surface area contributed by atoms with Crippen molar-refractivity contribution in [2.45, 2.75) is 6.54 Å². The molecule has 2 aromatic rings. The zero-order valence-electron chi connectivity index (χ0n) is 10.5. The molecule has 94 valence electrons. The highest BCUT2D eigenvalue weighted by atomic mass is 16.3. The number of anilines is 1. The van der Waals surface area contributed by atoms with Crippen LogP contribution in [0.5, 0.6) is 0 Å². The molecule has 0 unspecified atom stereocenters. The second-order valence-corrected chi connectivity index (χ2v) is 4.68. The van der Waals surface area contributed by atoms with Crippen LogP contribution in [-0.4, -0.2) is 31.1 Å². The first-order chi connectivity index (χ1) is 8.92. The number of hydrogen-bond acceptors (Lipinski definition) is 3. The summed E-state index contributed by atoms with van der Waals surface area (Å²) in [5.41, 5.74) is 1.33. The maximum atomic E-state index is 5.39. The summed E-state index contributed by atoms with van der Waals surface area (Å²) in [4.78, 5) is 4.89. The zero-order chi connectivity index (χ0) is 12.2. The Labute approximate surface area is 108 Å². The number of furan rings is 1. The van der Waals surface area contributed by atoms with E-state index >= 15 is 0 Å². The molecule has 3 rings (SSSR count). The van der Waals surface area contributed by atoms with E-state index in [1.165, 1.54) is 5.69 Å². The molecule has 1 aliphatic rings. The third-order valence-electron chi connectivity index (χ3n) is 3.45. The molecule has 18 heavy (non-hydrogen) atoms. The Morgan fingerprint density at radius 2 is 1.67 bits per heavy atom. The first-order valence-corrected chi connectivity index (χ1v) is 6.46. The standard InChI is InChI=1S/C15H18N2O/c1-2-5-14(6-3-1)17-10-8-16(9-11-17)13-15-7-4-12-18-15/h1-7,12H,8-11,13H2. The summed E-state index contributed by atoms with van der Waals surface area (Å²) in [6.07, 6.45) is 1.75. The lowest BCUT2D eigenvalue weighted by Gasteiger charge is -2.35. The van der Waals surface area contributed by atoms with E-state index in [4.69, 9.17) is 4.42 Å². The van der Waals surface area contributed by atoms with Crippen molar-refractivity contribution in [2.75, 3.05) is 31.1 Å². The van der Waals surface area contributed by atoms with Crippen LogP contribution >= 0.6 is 0 Å². The van der Waals surface area contributed by atoms with E-state index in [9.17, 15) is 0 Å². The van der Waals surface area contributed by atoms with E-state index in [-0.39, 0.29) is 0 Å². The molecule has 1 fully saturated rings. The van der Waals surface area contributed by atoms with Crippen molar-refractivity contribution in [3.05, 3.63) is 54.5 Å². The lowest BCUT2D eigenvalue weighted by Crippen LogP contribution is -2.45. The van der Waals surface area contributed by atoms with Crippen molar-refractivity contribution >= 4 is 5.69 Å². The molecule has 1 aliphatic heterocycles. The zero-order valence-corrected chi connectivity index (χ0v) is 10.5. The number of piperazine rings is 1. The van der Waals surface area contributed by atoms with Gasteiger partial charge in [0.1, 0.15) is 5.76 Å². The minimum absolute atomic E-state index is 0.926. The summed E-state index contributed by atoms with van der Waals surface area (Å²) in [6, 6.07) is 14.6. The van der Waals surface area contributed by atoms with Gasteiger partial charge in [-0.1, -0.05) is 18.2 Å². The van der Waals surface area contributed by atoms with Crippen LogP contribution in [-0.2, 0) is 6.54 Å². The Balaban J connectivity index is 1.55. The third kappa shape index (κ3) is 2.57. The molecule has 1 aromatic carbocycles. The number of rotatable bonds is 3. The van der Waals surface area contributed by atoms with Crippen molar-refractivity contribution in [3.63, 3.8) is 0 Å². The van der Waals surface area contributed by atoms with E-state index in [2.05, 4.69) is 40.1 Å². The molecule has 0 amide bonds. The SMILES string of the molecule is c1ccc(N2CCN(Cc3ccco3)CC2)cc1. The Morgan fingerprint density at radius 3 is 2.33 bits per heavy atom. The Hall–Kier alpha value is -1.74. The van der Waals surface area contributed by atoms with Crippen LogP contribution in [0.3, 0.4) is 0 Å². The van der Waals surface area contributed by atoms with Gasteiger partial charge in [-0.3, -0.25) is 4.90 Å². The van der Waals surface area contributed by atoms with Crippen LogP contribution in [0.2, 0.25) is 0 Å². The lowest BCUT2D eigenvalue weighted by molar-refractivity contribution is 0.230. The summed E-state index contributed by atoms with van der Waals surface area (Å²) in [5.74, 6) is 1.06. The van der Waals surface area contributed by atoms with Gasteiger partial charge in [0.15, 0.2) is 0 Å². The van der Waals surface area contributed by atoms with E-state index in [0.29, 0.717) is 0 Å². The van der Waals surface area contributed by atoms with Gasteiger partial charge >= 0.3 is 0 Å². The quantitative estimate of drug-likeness (QED) is 0.825. The maximum Gasteiger partial charge on any atom is 0.117 e. The highest BCUT2D eigenvalue weighted by Gasteiger charge is 2.17. The molecular formula is C15H18N2O. The second-order valence-electron chi connectivity index (χ2n) is 4.68. The van der Waals surface area contributed by atoms with Gasteiger partial charge in [-0.25, -0.2) is 0 Å². The summed E-state index contributed by atoms with van der Waals surface area (Å²) in [6.45, 7) is 5.29. The van der Waals surface area contributed by atoms with E-state index < -0.39 is 0 Å². The molecule has 0 saturated carbocycles. The fraction of sp³-hybridized carbons (Fsp3) is 0.333. The Bertz CT molecular complexity index is 459. The maximum absolute atomic E-state index is 5.39. The molecule has 0 atom stereocenters. The molecule has 3 nitrogen and oxygen atoms in total. The normalized spacial score (nSPS) is 17.0. The number of benzene rings is 1. The van der Waals surface area contributed by atoms with Crippen molar-refractivity contribution in [1.29, 1.82) is 0 Å². The van der Waals surface area contributed by atoms with E-state index in [1.54, 1.807) is 6.26 Å². The molecule has 0 aliphatic carbocycles. The minimum atomic E-state index is 0.926. The van der Waals surface area contributed by atoms with E-state index in [0.717, 1.165) is 38.5 Å². The van der Waals surface area contributed by atoms with Crippen LogP contribution in [0.15, 0.2) is 53.1 Å². The topological polar surface area (TPSA) is 19.6 Å². The fourth-order valence-electron chi connectivity index (χ4n) is 2.43. The average molecular weight is 242 g/mol. The van der Waals surface area contributed by atoms with Gasteiger partial charge in [0.2, 0.25) is 0 Å². The molecular weight excluding hydrogens is 224 g/mol. The molecule has 0 spiro atoms. The first-order valence-electron chi connectivity index (χ1n) is 6.46. The number of nitrogens with zero attached hydrogens (tertiary/aromatic N) is 2.